The van der Waals surface area contributed by atoms with Crippen LogP contribution in [-0.2, 0) is 19.1 Å². The van der Waals surface area contributed by atoms with E-state index in [-0.39, 0.29) is 19.2 Å². The molecule has 0 aromatic rings. The summed E-state index contributed by atoms with van der Waals surface area (Å²) in [5.41, 5.74) is 0. The molecule has 0 N–H and O–H groups in total. The monoisotopic (exact) mass is 211 g/mol. The van der Waals surface area contributed by atoms with Crippen LogP contribution in [0.3, 0.4) is 0 Å². The second-order valence-corrected chi connectivity index (χ2v) is 3.86. The number of carbonyl (C=O) groups excluding carboxylic acids is 3. The zero-order valence-corrected chi connectivity index (χ0v) is 8.56. The molecule has 1 amide bonds. The molecule has 0 bridgehead atoms. The first kappa shape index (κ1) is 10.1. The molecule has 1 heterocycles. The molecule has 5 heteroatoms. The number of nitrogens with zero attached hydrogens (tertiary/aromatic N) is 1. The van der Waals surface area contributed by atoms with Gasteiger partial charge in [0.1, 0.15) is 5.92 Å². The Balaban J connectivity index is 2.05. The Morgan fingerprint density at radius 3 is 2.67 bits per heavy atom. The molecule has 1 aliphatic carbocycles. The molecule has 1 atom stereocenters. The molecule has 0 aromatic carbocycles. The van der Waals surface area contributed by atoms with Crippen molar-refractivity contribution in [3.05, 3.63) is 0 Å². The number of esters is 1. The summed E-state index contributed by atoms with van der Waals surface area (Å²) >= 11 is 0. The number of hydrogen-bond donors (Lipinski definition) is 0. The maximum atomic E-state index is 11.5. The standard InChI is InChI=1S/C10H13NO4/c1-2-15-10(14)7-5-11(6-3-4-6)9(13)8(7)12/h6-7H,2-5H2,1H3/t7-/m0/s1. The minimum atomic E-state index is -0.891. The Hall–Kier alpha value is -1.39. The molecule has 5 nitrogen and oxygen atoms in total. The van der Waals surface area contributed by atoms with E-state index in [1.54, 1.807) is 6.92 Å². The second kappa shape index (κ2) is 3.64. The van der Waals surface area contributed by atoms with Gasteiger partial charge in [-0.3, -0.25) is 14.4 Å². The molecule has 0 unspecified atom stereocenters. The highest BCUT2D eigenvalue weighted by Gasteiger charge is 2.48. The highest BCUT2D eigenvalue weighted by atomic mass is 16.5. The zero-order valence-electron chi connectivity index (χ0n) is 8.56. The smallest absolute Gasteiger partial charge is 0.318 e. The summed E-state index contributed by atoms with van der Waals surface area (Å²) in [6.45, 7) is 2.12. The van der Waals surface area contributed by atoms with Crippen molar-refractivity contribution in [3.63, 3.8) is 0 Å². The fraction of sp³-hybridized carbons (Fsp3) is 0.700. The molecule has 1 aliphatic heterocycles. The molecule has 0 aromatic heterocycles. The number of hydrogen-bond acceptors (Lipinski definition) is 4. The molecule has 82 valence electrons. The van der Waals surface area contributed by atoms with Crippen LogP contribution in [0.2, 0.25) is 0 Å². The summed E-state index contributed by atoms with van der Waals surface area (Å²) in [5, 5.41) is 0. The molecule has 0 spiro atoms. The van der Waals surface area contributed by atoms with Gasteiger partial charge in [-0.25, -0.2) is 0 Å². The SMILES string of the molecule is CCOC(=O)[C@H]1CN(C2CC2)C(=O)C1=O. The van der Waals surface area contributed by atoms with Crippen LogP contribution >= 0.6 is 0 Å². The first-order chi connectivity index (χ1) is 7.15. The third kappa shape index (κ3) is 1.73. The van der Waals surface area contributed by atoms with Crippen molar-refractivity contribution in [2.75, 3.05) is 13.2 Å². The first-order valence-corrected chi connectivity index (χ1v) is 5.16. The van der Waals surface area contributed by atoms with Crippen molar-refractivity contribution in [2.24, 2.45) is 5.92 Å². The quantitative estimate of drug-likeness (QED) is 0.366. The lowest BCUT2D eigenvalue weighted by Gasteiger charge is -2.13. The van der Waals surface area contributed by atoms with E-state index in [0.29, 0.717) is 0 Å². The van der Waals surface area contributed by atoms with Gasteiger partial charge in [-0.2, -0.15) is 0 Å². The van der Waals surface area contributed by atoms with Crippen molar-refractivity contribution in [2.45, 2.75) is 25.8 Å². The summed E-state index contributed by atoms with van der Waals surface area (Å²) < 4.78 is 4.75. The predicted octanol–water partition coefficient (Wildman–Crippen LogP) is -0.261. The van der Waals surface area contributed by atoms with Crippen molar-refractivity contribution in [3.8, 4) is 0 Å². The maximum absolute atomic E-state index is 11.5. The number of Topliss-reactive ketones (excluding diaryl/α,β-unsaturated/α-hetero) is 1. The molecule has 1 saturated carbocycles. The van der Waals surface area contributed by atoms with Crippen LogP contribution in [0.15, 0.2) is 0 Å². The third-order valence-corrected chi connectivity index (χ3v) is 2.73. The van der Waals surface area contributed by atoms with Gasteiger partial charge in [-0.05, 0) is 19.8 Å². The molecular formula is C10H13NO4. The van der Waals surface area contributed by atoms with Crippen LogP contribution in [0.4, 0.5) is 0 Å². The van der Waals surface area contributed by atoms with Gasteiger partial charge in [0.15, 0.2) is 0 Å². The molecule has 2 fully saturated rings. The third-order valence-electron chi connectivity index (χ3n) is 2.73. The average molecular weight is 211 g/mol. The number of likely N-dealkylation sites (tertiary alicyclic amines) is 1. The Bertz CT molecular complexity index is 321. The Kier molecular flexibility index (Phi) is 2.46. The van der Waals surface area contributed by atoms with Gasteiger partial charge in [0.05, 0.1) is 6.61 Å². The maximum Gasteiger partial charge on any atom is 0.318 e. The van der Waals surface area contributed by atoms with Crippen LogP contribution in [-0.4, -0.2) is 41.8 Å². The van der Waals surface area contributed by atoms with E-state index in [9.17, 15) is 14.4 Å². The van der Waals surface area contributed by atoms with Crippen molar-refractivity contribution in [1.82, 2.24) is 4.90 Å². The zero-order chi connectivity index (χ0) is 11.0. The highest BCUT2D eigenvalue weighted by molar-refractivity contribution is 6.42. The lowest BCUT2D eigenvalue weighted by atomic mass is 10.1. The van der Waals surface area contributed by atoms with E-state index >= 15 is 0 Å². The fourth-order valence-electron chi connectivity index (χ4n) is 1.78. The topological polar surface area (TPSA) is 63.7 Å². The van der Waals surface area contributed by atoms with Gasteiger partial charge >= 0.3 is 5.97 Å². The lowest BCUT2D eigenvalue weighted by Crippen LogP contribution is -2.29. The van der Waals surface area contributed by atoms with Crippen molar-refractivity contribution in [1.29, 1.82) is 0 Å². The van der Waals surface area contributed by atoms with E-state index in [2.05, 4.69) is 0 Å². The molecule has 2 aliphatic rings. The predicted molar refractivity (Wildman–Crippen MR) is 49.9 cm³/mol. The van der Waals surface area contributed by atoms with E-state index in [1.807, 2.05) is 0 Å². The first-order valence-electron chi connectivity index (χ1n) is 5.16. The number of carbonyl (C=O) groups is 3. The van der Waals surface area contributed by atoms with Gasteiger partial charge in [-0.1, -0.05) is 0 Å². The van der Waals surface area contributed by atoms with Gasteiger partial charge in [0, 0.05) is 12.6 Å². The summed E-state index contributed by atoms with van der Waals surface area (Å²) in [5.74, 6) is -2.59. The van der Waals surface area contributed by atoms with Gasteiger partial charge in [-0.15, -0.1) is 0 Å². The molecular weight excluding hydrogens is 198 g/mol. The number of amides is 1. The minimum Gasteiger partial charge on any atom is -0.465 e. The Labute approximate surface area is 87.4 Å². The van der Waals surface area contributed by atoms with E-state index in [4.69, 9.17) is 4.74 Å². The highest BCUT2D eigenvalue weighted by Crippen LogP contribution is 2.31. The summed E-state index contributed by atoms with van der Waals surface area (Å²) in [6.07, 6.45) is 1.88. The number of rotatable bonds is 3. The van der Waals surface area contributed by atoms with Gasteiger partial charge in [0.25, 0.3) is 5.91 Å². The molecule has 1 saturated heterocycles. The Morgan fingerprint density at radius 1 is 1.47 bits per heavy atom. The minimum absolute atomic E-state index is 0.181. The van der Waals surface area contributed by atoms with Gasteiger partial charge < -0.3 is 9.64 Å². The molecule has 0 radical (unpaired) electrons. The van der Waals surface area contributed by atoms with Crippen LogP contribution in [0.5, 0.6) is 0 Å². The summed E-state index contributed by atoms with van der Waals surface area (Å²) in [7, 11) is 0. The Morgan fingerprint density at radius 2 is 2.13 bits per heavy atom. The number of ketones is 1. The average Bonchev–Trinajstić information content (AvgIpc) is 2.98. The van der Waals surface area contributed by atoms with Gasteiger partial charge in [0.2, 0.25) is 5.78 Å². The summed E-state index contributed by atoms with van der Waals surface area (Å²) in [6, 6.07) is 0.181. The second-order valence-electron chi connectivity index (χ2n) is 3.86. The van der Waals surface area contributed by atoms with Crippen LogP contribution in [0.25, 0.3) is 0 Å². The van der Waals surface area contributed by atoms with E-state index < -0.39 is 23.6 Å². The normalized spacial score (nSPS) is 25.9. The lowest BCUT2D eigenvalue weighted by molar-refractivity contribution is -0.151. The number of ether oxygens (including phenoxy) is 1. The van der Waals surface area contributed by atoms with Crippen LogP contribution in [0, 0.1) is 5.92 Å². The van der Waals surface area contributed by atoms with E-state index in [0.717, 1.165) is 12.8 Å². The summed E-state index contributed by atoms with van der Waals surface area (Å²) in [4.78, 5) is 35.8. The van der Waals surface area contributed by atoms with Crippen molar-refractivity contribution < 1.29 is 19.1 Å². The molecule has 2 rings (SSSR count). The molecule has 15 heavy (non-hydrogen) atoms. The van der Waals surface area contributed by atoms with Crippen LogP contribution < -0.4 is 0 Å². The van der Waals surface area contributed by atoms with Crippen molar-refractivity contribution >= 4 is 17.7 Å². The van der Waals surface area contributed by atoms with E-state index in [1.165, 1.54) is 4.90 Å². The van der Waals surface area contributed by atoms with Crippen LogP contribution in [0.1, 0.15) is 19.8 Å². The fourth-order valence-corrected chi connectivity index (χ4v) is 1.78. The largest absolute Gasteiger partial charge is 0.465 e.